The number of nitro groups is 1. The van der Waals surface area contributed by atoms with Crippen LogP contribution in [0.15, 0.2) is 30.6 Å². The Balaban J connectivity index is 1.75. The number of benzene rings is 1. The summed E-state index contributed by atoms with van der Waals surface area (Å²) >= 11 is 13.0. The van der Waals surface area contributed by atoms with Crippen molar-refractivity contribution in [3.05, 3.63) is 56.3 Å². The van der Waals surface area contributed by atoms with E-state index >= 15 is 0 Å². The molecule has 0 radical (unpaired) electrons. The number of rotatable bonds is 5. The maximum atomic E-state index is 12.7. The molecular weight excluding hydrogens is 441 g/mol. The van der Waals surface area contributed by atoms with E-state index in [0.717, 1.165) is 25.9 Å². The molecule has 0 saturated carbocycles. The number of piperidine rings is 1. The number of nitrogens with one attached hydrogen (secondary N) is 1. The largest absolute Gasteiger partial charge is 0.331 e. The van der Waals surface area contributed by atoms with Gasteiger partial charge in [0, 0.05) is 36.5 Å². The molecule has 1 aliphatic heterocycles. The summed E-state index contributed by atoms with van der Waals surface area (Å²) in [5, 5.41) is 14.6. The number of hydrogen-bond donors (Lipinski definition) is 1. The summed E-state index contributed by atoms with van der Waals surface area (Å²) in [5.41, 5.74) is 1.56. The second-order valence-corrected chi connectivity index (χ2v) is 8.59. The highest BCUT2D eigenvalue weighted by molar-refractivity contribution is 6.44. The Bertz CT molecular complexity index is 979. The van der Waals surface area contributed by atoms with Crippen LogP contribution in [0.4, 0.5) is 10.5 Å². The fraction of sp³-hybridized carbons (Fsp3) is 0.429. The molecule has 166 valence electrons. The summed E-state index contributed by atoms with van der Waals surface area (Å²) < 4.78 is 0. The molecule has 0 aliphatic carbocycles. The summed E-state index contributed by atoms with van der Waals surface area (Å²) in [6, 6.07) is 4.55. The van der Waals surface area contributed by atoms with E-state index in [0.29, 0.717) is 21.7 Å². The number of halogens is 2. The van der Waals surface area contributed by atoms with Crippen molar-refractivity contribution < 1.29 is 9.72 Å². The van der Waals surface area contributed by atoms with Crippen molar-refractivity contribution >= 4 is 34.9 Å². The number of urea groups is 1. The molecule has 2 amide bonds. The van der Waals surface area contributed by atoms with Crippen molar-refractivity contribution in [1.82, 2.24) is 20.1 Å². The SMILES string of the molecule is CC(NC(=O)N(C)C1CCN(C)CC1)c1ccc(-c2cncc([N+](=O)[O-])c2)c(Cl)c1Cl. The molecule has 1 atom stereocenters. The van der Waals surface area contributed by atoms with Crippen LogP contribution < -0.4 is 5.32 Å². The van der Waals surface area contributed by atoms with Crippen LogP contribution in [-0.2, 0) is 0 Å². The molecule has 1 unspecified atom stereocenters. The van der Waals surface area contributed by atoms with Gasteiger partial charge in [0.2, 0.25) is 0 Å². The number of hydrogen-bond acceptors (Lipinski definition) is 5. The normalized spacial score (nSPS) is 16.0. The fourth-order valence-corrected chi connectivity index (χ4v) is 4.32. The first-order valence-corrected chi connectivity index (χ1v) is 10.7. The van der Waals surface area contributed by atoms with Crippen LogP contribution in [0.2, 0.25) is 10.0 Å². The lowest BCUT2D eigenvalue weighted by molar-refractivity contribution is -0.385. The van der Waals surface area contributed by atoms with E-state index in [4.69, 9.17) is 23.2 Å². The smallest absolute Gasteiger partial charge is 0.317 e. The lowest BCUT2D eigenvalue weighted by Gasteiger charge is -2.35. The molecule has 31 heavy (non-hydrogen) atoms. The van der Waals surface area contributed by atoms with Crippen LogP contribution in [-0.4, -0.2) is 59.0 Å². The Morgan fingerprint density at radius 2 is 1.97 bits per heavy atom. The molecule has 1 aromatic heterocycles. The van der Waals surface area contributed by atoms with Gasteiger partial charge in [-0.3, -0.25) is 15.1 Å². The molecule has 1 aliphatic rings. The quantitative estimate of drug-likeness (QED) is 0.507. The maximum absolute atomic E-state index is 12.7. The van der Waals surface area contributed by atoms with Gasteiger partial charge in [0.05, 0.1) is 21.0 Å². The summed E-state index contributed by atoms with van der Waals surface area (Å²) in [6.07, 6.45) is 4.54. The fourth-order valence-electron chi connectivity index (χ4n) is 3.71. The minimum absolute atomic E-state index is 0.133. The Labute approximate surface area is 191 Å². The van der Waals surface area contributed by atoms with Crippen LogP contribution in [0, 0.1) is 10.1 Å². The Hall–Kier alpha value is -2.42. The third-order valence-corrected chi connectivity index (χ3v) is 6.62. The van der Waals surface area contributed by atoms with Crippen molar-refractivity contribution in [2.45, 2.75) is 31.8 Å². The molecule has 2 heterocycles. The third-order valence-electron chi connectivity index (χ3n) is 5.72. The van der Waals surface area contributed by atoms with Crippen LogP contribution >= 0.6 is 23.2 Å². The Kier molecular flexibility index (Phi) is 7.35. The monoisotopic (exact) mass is 465 g/mol. The number of pyridine rings is 1. The minimum atomic E-state index is -0.515. The van der Waals surface area contributed by atoms with E-state index in [1.165, 1.54) is 18.5 Å². The standard InChI is InChI=1S/C21H25Cl2N5O3/c1-13(25-21(29)27(3)15-6-8-26(2)9-7-15)17-4-5-18(20(23)19(17)22)14-10-16(28(30)31)12-24-11-14/h4-5,10-13,15H,6-9H2,1-3H3,(H,25,29). The van der Waals surface area contributed by atoms with Gasteiger partial charge < -0.3 is 15.1 Å². The van der Waals surface area contributed by atoms with E-state index in [9.17, 15) is 14.9 Å². The van der Waals surface area contributed by atoms with Gasteiger partial charge in [0.25, 0.3) is 5.69 Å². The molecule has 1 N–H and O–H groups in total. The van der Waals surface area contributed by atoms with Crippen LogP contribution in [0.25, 0.3) is 11.1 Å². The number of carbonyl (C=O) groups is 1. The average molecular weight is 466 g/mol. The molecule has 8 nitrogen and oxygen atoms in total. The van der Waals surface area contributed by atoms with Gasteiger partial charge in [-0.1, -0.05) is 35.3 Å². The Morgan fingerprint density at radius 3 is 2.61 bits per heavy atom. The summed E-state index contributed by atoms with van der Waals surface area (Å²) in [6.45, 7) is 3.77. The predicted octanol–water partition coefficient (Wildman–Crippen LogP) is 4.76. The van der Waals surface area contributed by atoms with Crippen LogP contribution in [0.5, 0.6) is 0 Å². The molecule has 2 aromatic rings. The predicted molar refractivity (Wildman–Crippen MR) is 122 cm³/mol. The first-order chi connectivity index (χ1) is 14.7. The van der Waals surface area contributed by atoms with Gasteiger partial charge >= 0.3 is 6.03 Å². The number of carbonyl (C=O) groups excluding carboxylic acids is 1. The van der Waals surface area contributed by atoms with E-state index < -0.39 is 4.92 Å². The van der Waals surface area contributed by atoms with E-state index in [-0.39, 0.29) is 28.8 Å². The first kappa shape index (κ1) is 23.2. The number of nitrogens with zero attached hydrogens (tertiary/aromatic N) is 4. The molecular formula is C21H25Cl2N5O3. The molecule has 0 spiro atoms. The molecule has 0 bridgehead atoms. The summed E-state index contributed by atoms with van der Waals surface area (Å²) in [7, 11) is 3.89. The van der Waals surface area contributed by atoms with Crippen LogP contribution in [0.1, 0.15) is 31.4 Å². The average Bonchev–Trinajstić information content (AvgIpc) is 2.75. The van der Waals surface area contributed by atoms with Crippen LogP contribution in [0.3, 0.4) is 0 Å². The zero-order valence-electron chi connectivity index (χ0n) is 17.6. The summed E-state index contributed by atoms with van der Waals surface area (Å²) in [5.74, 6) is 0. The topological polar surface area (TPSA) is 91.6 Å². The van der Waals surface area contributed by atoms with Gasteiger partial charge in [-0.15, -0.1) is 0 Å². The highest BCUT2D eigenvalue weighted by Crippen LogP contribution is 2.38. The van der Waals surface area contributed by atoms with Gasteiger partial charge in [0.1, 0.15) is 6.20 Å². The van der Waals surface area contributed by atoms with Crippen molar-refractivity contribution in [1.29, 1.82) is 0 Å². The van der Waals surface area contributed by atoms with E-state index in [1.807, 2.05) is 14.0 Å². The van der Waals surface area contributed by atoms with Gasteiger partial charge in [-0.25, -0.2) is 4.79 Å². The van der Waals surface area contributed by atoms with E-state index in [2.05, 4.69) is 22.2 Å². The molecule has 1 fully saturated rings. The molecule has 10 heteroatoms. The maximum Gasteiger partial charge on any atom is 0.317 e. The lowest BCUT2D eigenvalue weighted by Crippen LogP contribution is -2.48. The zero-order valence-corrected chi connectivity index (χ0v) is 19.2. The molecule has 1 saturated heterocycles. The van der Waals surface area contributed by atoms with E-state index in [1.54, 1.807) is 17.0 Å². The number of amides is 2. The lowest BCUT2D eigenvalue weighted by atomic mass is 10.0. The number of aromatic nitrogens is 1. The Morgan fingerprint density at radius 1 is 1.29 bits per heavy atom. The minimum Gasteiger partial charge on any atom is -0.331 e. The van der Waals surface area contributed by atoms with Crippen molar-refractivity contribution in [3.63, 3.8) is 0 Å². The zero-order chi connectivity index (χ0) is 22.7. The van der Waals surface area contributed by atoms with Gasteiger partial charge in [-0.05, 0) is 45.5 Å². The van der Waals surface area contributed by atoms with Gasteiger partial charge in [0.15, 0.2) is 0 Å². The molecule has 1 aromatic carbocycles. The number of likely N-dealkylation sites (tertiary alicyclic amines) is 1. The van der Waals surface area contributed by atoms with Crippen molar-refractivity contribution in [3.8, 4) is 11.1 Å². The molecule has 3 rings (SSSR count). The second kappa shape index (κ2) is 9.80. The van der Waals surface area contributed by atoms with Gasteiger partial charge in [-0.2, -0.15) is 0 Å². The third kappa shape index (κ3) is 5.26. The first-order valence-electron chi connectivity index (χ1n) is 9.98. The summed E-state index contributed by atoms with van der Waals surface area (Å²) in [4.78, 5) is 31.2. The second-order valence-electron chi connectivity index (χ2n) is 7.84. The van der Waals surface area contributed by atoms with Crippen molar-refractivity contribution in [2.24, 2.45) is 0 Å². The highest BCUT2D eigenvalue weighted by atomic mass is 35.5. The van der Waals surface area contributed by atoms with Crippen molar-refractivity contribution in [2.75, 3.05) is 27.2 Å². The highest BCUT2D eigenvalue weighted by Gasteiger charge is 2.26.